The summed E-state index contributed by atoms with van der Waals surface area (Å²) in [5, 5.41) is 5.40. The van der Waals surface area contributed by atoms with Gasteiger partial charge in [0.25, 0.3) is 0 Å². The molecule has 12 heteroatoms. The van der Waals surface area contributed by atoms with E-state index in [2.05, 4.69) is 20.4 Å². The minimum absolute atomic E-state index is 0.138. The summed E-state index contributed by atoms with van der Waals surface area (Å²) < 4.78 is 68.5. The molecule has 0 bridgehead atoms. The summed E-state index contributed by atoms with van der Waals surface area (Å²) in [6, 6.07) is 11.3. The molecule has 36 heavy (non-hydrogen) atoms. The van der Waals surface area contributed by atoms with Crippen LogP contribution in [0, 0.1) is 12.8 Å². The number of piperidine rings is 1. The maximum absolute atomic E-state index is 13.6. The molecule has 0 spiro atoms. The molecular formula is C24H24F3N3O4S2. The number of ether oxygens (including phenoxy) is 1. The second-order valence-electron chi connectivity index (χ2n) is 8.39. The number of rotatable bonds is 8. The van der Waals surface area contributed by atoms with Gasteiger partial charge in [0.2, 0.25) is 5.78 Å². The monoisotopic (exact) mass is 539 g/mol. The summed E-state index contributed by atoms with van der Waals surface area (Å²) in [5.74, 6) is -0.992. The normalized spacial score (nSPS) is 15.9. The average Bonchev–Trinajstić information content (AvgIpc) is 3.31. The number of sulfone groups is 1. The molecule has 2 aromatic carbocycles. The van der Waals surface area contributed by atoms with Crippen molar-refractivity contribution in [1.29, 1.82) is 0 Å². The third-order valence-electron chi connectivity index (χ3n) is 5.92. The Labute approximate surface area is 210 Å². The van der Waals surface area contributed by atoms with E-state index in [4.69, 9.17) is 0 Å². The number of hydrogen-bond acceptors (Lipinski definition) is 8. The van der Waals surface area contributed by atoms with Gasteiger partial charge in [0.05, 0.1) is 16.0 Å². The second kappa shape index (κ2) is 10.6. The number of nitrogens with zero attached hydrogens (tertiary/aromatic N) is 1. The van der Waals surface area contributed by atoms with Crippen LogP contribution in [0.25, 0.3) is 0 Å². The number of carbonyl (C=O) groups is 1. The zero-order chi connectivity index (χ0) is 25.9. The smallest absolute Gasteiger partial charge is 0.406 e. The van der Waals surface area contributed by atoms with Gasteiger partial charge in [-0.15, -0.1) is 13.2 Å². The van der Waals surface area contributed by atoms with Crippen molar-refractivity contribution in [1.82, 2.24) is 10.3 Å². The van der Waals surface area contributed by atoms with E-state index in [1.807, 2.05) is 19.1 Å². The van der Waals surface area contributed by atoms with E-state index in [0.717, 1.165) is 41.2 Å². The standard InChI is InChI=1S/C24H24F3N3O4S2/c1-15-4-2-3-5-19(15)21(31)20-14-29-23(35-20)30-22(16-10-12-28-13-11-16)36(32,33)18-8-6-17(7-9-18)34-24(25,26)27/h2-9,14,16,22,28H,10-13H2,1H3,(H,29,30). The van der Waals surface area contributed by atoms with E-state index in [0.29, 0.717) is 36.4 Å². The Morgan fingerprint density at radius 3 is 2.44 bits per heavy atom. The quantitative estimate of drug-likeness (QED) is 0.397. The van der Waals surface area contributed by atoms with Crippen LogP contribution in [0.4, 0.5) is 18.3 Å². The van der Waals surface area contributed by atoms with E-state index in [1.54, 1.807) is 12.1 Å². The van der Waals surface area contributed by atoms with Crippen molar-refractivity contribution in [3.63, 3.8) is 0 Å². The van der Waals surface area contributed by atoms with Crippen molar-refractivity contribution < 1.29 is 31.1 Å². The highest BCUT2D eigenvalue weighted by Crippen LogP contribution is 2.32. The Morgan fingerprint density at radius 1 is 1.14 bits per heavy atom. The highest BCUT2D eigenvalue weighted by Gasteiger charge is 2.37. The SMILES string of the molecule is Cc1ccccc1C(=O)c1cnc(NC(C2CCNCC2)S(=O)(=O)c2ccc(OC(F)(F)F)cc2)s1. The first-order valence-electron chi connectivity index (χ1n) is 11.2. The first-order chi connectivity index (χ1) is 17.0. The lowest BCUT2D eigenvalue weighted by atomic mass is 9.98. The van der Waals surface area contributed by atoms with Crippen molar-refractivity contribution in [3.05, 3.63) is 70.7 Å². The molecular weight excluding hydrogens is 515 g/mol. The van der Waals surface area contributed by atoms with Crippen LogP contribution in [-0.2, 0) is 9.84 Å². The second-order valence-corrected chi connectivity index (χ2v) is 11.5. The van der Waals surface area contributed by atoms with Crippen LogP contribution >= 0.6 is 11.3 Å². The van der Waals surface area contributed by atoms with Crippen LogP contribution in [0.5, 0.6) is 5.75 Å². The Kier molecular flexibility index (Phi) is 7.67. The van der Waals surface area contributed by atoms with Crippen LogP contribution < -0.4 is 15.4 Å². The maximum atomic E-state index is 13.6. The molecule has 0 saturated carbocycles. The predicted molar refractivity (Wildman–Crippen MR) is 130 cm³/mol. The highest BCUT2D eigenvalue weighted by molar-refractivity contribution is 7.92. The Balaban J connectivity index is 1.60. The maximum Gasteiger partial charge on any atom is 0.573 e. The van der Waals surface area contributed by atoms with E-state index >= 15 is 0 Å². The minimum Gasteiger partial charge on any atom is -0.406 e. The largest absolute Gasteiger partial charge is 0.573 e. The summed E-state index contributed by atoms with van der Waals surface area (Å²) in [6.45, 7) is 3.09. The fraction of sp³-hybridized carbons (Fsp3) is 0.333. The summed E-state index contributed by atoms with van der Waals surface area (Å²) in [4.78, 5) is 17.4. The zero-order valence-corrected chi connectivity index (χ0v) is 20.8. The number of aryl methyl sites for hydroxylation is 1. The number of alkyl halides is 3. The lowest BCUT2D eigenvalue weighted by molar-refractivity contribution is -0.274. The molecule has 7 nitrogen and oxygen atoms in total. The van der Waals surface area contributed by atoms with Gasteiger partial charge in [0.1, 0.15) is 11.1 Å². The van der Waals surface area contributed by atoms with Gasteiger partial charge in [0, 0.05) is 5.56 Å². The number of anilines is 1. The molecule has 0 amide bonds. The van der Waals surface area contributed by atoms with E-state index in [-0.39, 0.29) is 21.7 Å². The van der Waals surface area contributed by atoms with Crippen LogP contribution in [0.1, 0.15) is 33.6 Å². The van der Waals surface area contributed by atoms with Gasteiger partial charge in [-0.1, -0.05) is 35.6 Å². The first-order valence-corrected chi connectivity index (χ1v) is 13.5. The minimum atomic E-state index is -4.88. The number of hydrogen-bond donors (Lipinski definition) is 2. The molecule has 1 atom stereocenters. The Bertz CT molecular complexity index is 1320. The number of ketones is 1. The summed E-state index contributed by atoms with van der Waals surface area (Å²) in [7, 11) is -4.02. The molecule has 1 aromatic heterocycles. The van der Waals surface area contributed by atoms with Gasteiger partial charge < -0.3 is 15.4 Å². The molecule has 1 aliphatic rings. The van der Waals surface area contributed by atoms with Gasteiger partial charge >= 0.3 is 6.36 Å². The van der Waals surface area contributed by atoms with Crippen LogP contribution in [0.2, 0.25) is 0 Å². The predicted octanol–water partition coefficient (Wildman–Crippen LogP) is 4.79. The van der Waals surface area contributed by atoms with Crippen molar-refractivity contribution in [2.45, 2.75) is 36.4 Å². The fourth-order valence-corrected chi connectivity index (χ4v) is 6.84. The third kappa shape index (κ3) is 6.05. The summed E-state index contributed by atoms with van der Waals surface area (Å²) in [6.07, 6.45) is -2.31. The van der Waals surface area contributed by atoms with Crippen molar-refractivity contribution >= 4 is 32.1 Å². The van der Waals surface area contributed by atoms with Gasteiger partial charge in [-0.3, -0.25) is 4.79 Å². The highest BCUT2D eigenvalue weighted by atomic mass is 32.2. The number of thiazole rings is 1. The number of carbonyl (C=O) groups excluding carboxylic acids is 1. The lowest BCUT2D eigenvalue weighted by Crippen LogP contribution is -2.42. The van der Waals surface area contributed by atoms with Crippen molar-refractivity contribution in [2.75, 3.05) is 18.4 Å². The van der Waals surface area contributed by atoms with E-state index in [9.17, 15) is 26.4 Å². The molecule has 2 heterocycles. The molecule has 4 rings (SSSR count). The molecule has 1 fully saturated rings. The lowest BCUT2D eigenvalue weighted by Gasteiger charge is -2.31. The van der Waals surface area contributed by atoms with Crippen LogP contribution in [0.3, 0.4) is 0 Å². The molecule has 1 aliphatic heterocycles. The molecule has 1 saturated heterocycles. The van der Waals surface area contributed by atoms with E-state index in [1.165, 1.54) is 6.20 Å². The zero-order valence-electron chi connectivity index (χ0n) is 19.2. The number of aromatic nitrogens is 1. The topological polar surface area (TPSA) is 97.4 Å². The van der Waals surface area contributed by atoms with Crippen LogP contribution in [0.15, 0.2) is 59.6 Å². The molecule has 3 aromatic rings. The molecule has 1 unspecified atom stereocenters. The van der Waals surface area contributed by atoms with Gasteiger partial charge in [-0.25, -0.2) is 13.4 Å². The van der Waals surface area contributed by atoms with Crippen LogP contribution in [-0.4, -0.2) is 44.0 Å². The molecule has 2 N–H and O–H groups in total. The van der Waals surface area contributed by atoms with Crippen molar-refractivity contribution in [3.8, 4) is 5.75 Å². The third-order valence-corrected chi connectivity index (χ3v) is 8.94. The Morgan fingerprint density at radius 2 is 1.81 bits per heavy atom. The summed E-state index contributed by atoms with van der Waals surface area (Å²) in [5.41, 5.74) is 1.36. The van der Waals surface area contributed by atoms with Gasteiger partial charge in [-0.2, -0.15) is 0 Å². The first kappa shape index (κ1) is 26.1. The number of benzene rings is 2. The molecule has 0 radical (unpaired) electrons. The molecule has 192 valence electrons. The fourth-order valence-electron chi connectivity index (χ4n) is 4.10. The van der Waals surface area contributed by atoms with Gasteiger partial charge in [-0.05, 0) is 68.6 Å². The van der Waals surface area contributed by atoms with E-state index < -0.39 is 27.3 Å². The van der Waals surface area contributed by atoms with Gasteiger partial charge in [0.15, 0.2) is 15.0 Å². The number of nitrogens with one attached hydrogen (secondary N) is 2. The number of halogens is 3. The summed E-state index contributed by atoms with van der Waals surface area (Å²) >= 11 is 1.06. The average molecular weight is 540 g/mol. The molecule has 0 aliphatic carbocycles. The van der Waals surface area contributed by atoms with Crippen molar-refractivity contribution in [2.24, 2.45) is 5.92 Å². The Hall–Kier alpha value is -2.96.